The largest absolute Gasteiger partial charge is 0.449 e. The Hall–Kier alpha value is -2.12. The molecule has 0 saturated carbocycles. The van der Waals surface area contributed by atoms with Crippen LogP contribution in [0.25, 0.3) is 0 Å². The fourth-order valence-electron chi connectivity index (χ4n) is 1.80. The molecule has 0 aromatic carbocycles. The smallest absolute Gasteiger partial charge is 0.203 e. The number of hydrogen-bond acceptors (Lipinski definition) is 4. The molecular weight excluding hydrogens is 226 g/mol. The van der Waals surface area contributed by atoms with E-state index in [0.29, 0.717) is 12.3 Å². The van der Waals surface area contributed by atoms with Gasteiger partial charge in [-0.25, -0.2) is 0 Å². The van der Waals surface area contributed by atoms with Gasteiger partial charge < -0.3 is 4.42 Å². The van der Waals surface area contributed by atoms with Gasteiger partial charge in [-0.3, -0.25) is 9.88 Å². The molecule has 0 aliphatic carbocycles. The maximum atomic E-state index is 8.71. The lowest BCUT2D eigenvalue weighted by molar-refractivity contribution is 0.232. The van der Waals surface area contributed by atoms with E-state index in [-0.39, 0.29) is 6.04 Å². The van der Waals surface area contributed by atoms with E-state index < -0.39 is 0 Å². The predicted molar refractivity (Wildman–Crippen MR) is 67.5 cm³/mol. The summed E-state index contributed by atoms with van der Waals surface area (Å²) in [6.45, 7) is 2.80. The zero-order valence-corrected chi connectivity index (χ0v) is 10.5. The molecule has 0 aliphatic heterocycles. The molecule has 92 valence electrons. The topological polar surface area (TPSA) is 53.1 Å². The molecule has 18 heavy (non-hydrogen) atoms. The van der Waals surface area contributed by atoms with Gasteiger partial charge in [0.25, 0.3) is 0 Å². The number of rotatable bonds is 4. The highest BCUT2D eigenvalue weighted by Crippen LogP contribution is 2.20. The van der Waals surface area contributed by atoms with Gasteiger partial charge in [-0.1, -0.05) is 0 Å². The van der Waals surface area contributed by atoms with Crippen LogP contribution in [-0.2, 0) is 6.54 Å². The first-order valence-corrected chi connectivity index (χ1v) is 5.79. The molecule has 2 heterocycles. The third-order valence-electron chi connectivity index (χ3n) is 3.03. The van der Waals surface area contributed by atoms with Crippen molar-refractivity contribution in [1.82, 2.24) is 9.88 Å². The SMILES string of the molecule is C[C@@H](c1ccncc1)N(C)Cc1ccc(C#N)o1. The molecule has 0 amide bonds. The van der Waals surface area contributed by atoms with Crippen LogP contribution in [0.2, 0.25) is 0 Å². The standard InChI is InChI=1S/C14H15N3O/c1-11(12-5-7-16-8-6-12)17(2)10-14-4-3-13(9-15)18-14/h3-8,11H,10H2,1-2H3/t11-/m0/s1. The summed E-state index contributed by atoms with van der Waals surface area (Å²) >= 11 is 0. The van der Waals surface area contributed by atoms with Gasteiger partial charge in [0.15, 0.2) is 0 Å². The van der Waals surface area contributed by atoms with Gasteiger partial charge in [-0.15, -0.1) is 0 Å². The maximum absolute atomic E-state index is 8.71. The molecule has 0 fully saturated rings. The van der Waals surface area contributed by atoms with Crippen molar-refractivity contribution in [3.8, 4) is 6.07 Å². The Kier molecular flexibility index (Phi) is 3.75. The van der Waals surface area contributed by atoms with Crippen LogP contribution in [0.15, 0.2) is 41.1 Å². The van der Waals surface area contributed by atoms with Crippen LogP contribution in [0.1, 0.15) is 30.0 Å². The number of furan rings is 1. The van der Waals surface area contributed by atoms with Crippen molar-refractivity contribution in [2.45, 2.75) is 19.5 Å². The Labute approximate surface area is 106 Å². The molecule has 1 atom stereocenters. The lowest BCUT2D eigenvalue weighted by Crippen LogP contribution is -2.21. The predicted octanol–water partition coefficient (Wildman–Crippen LogP) is 2.74. The Balaban J connectivity index is 2.04. The Bertz CT molecular complexity index is 542. The second-order valence-corrected chi connectivity index (χ2v) is 4.25. The van der Waals surface area contributed by atoms with Gasteiger partial charge in [0.05, 0.1) is 6.54 Å². The van der Waals surface area contributed by atoms with Crippen molar-refractivity contribution >= 4 is 0 Å². The van der Waals surface area contributed by atoms with Crippen LogP contribution < -0.4 is 0 Å². The van der Waals surface area contributed by atoms with E-state index in [9.17, 15) is 0 Å². The van der Waals surface area contributed by atoms with Crippen molar-refractivity contribution in [2.24, 2.45) is 0 Å². The molecule has 0 aliphatic rings. The summed E-state index contributed by atoms with van der Waals surface area (Å²) in [7, 11) is 2.03. The molecule has 0 saturated heterocycles. The van der Waals surface area contributed by atoms with Gasteiger partial charge >= 0.3 is 0 Å². The number of pyridine rings is 1. The summed E-state index contributed by atoms with van der Waals surface area (Å²) < 4.78 is 5.37. The lowest BCUT2D eigenvalue weighted by Gasteiger charge is -2.23. The van der Waals surface area contributed by atoms with Gasteiger partial charge in [-0.2, -0.15) is 5.26 Å². The molecule has 0 spiro atoms. The summed E-state index contributed by atoms with van der Waals surface area (Å²) in [5, 5.41) is 8.71. The second-order valence-electron chi connectivity index (χ2n) is 4.25. The minimum atomic E-state index is 0.267. The number of aromatic nitrogens is 1. The monoisotopic (exact) mass is 241 g/mol. The summed E-state index contributed by atoms with van der Waals surface area (Å²) in [4.78, 5) is 6.17. The quantitative estimate of drug-likeness (QED) is 0.825. The molecule has 2 rings (SSSR count). The minimum absolute atomic E-state index is 0.267. The molecule has 2 aromatic heterocycles. The van der Waals surface area contributed by atoms with Crippen LogP contribution in [-0.4, -0.2) is 16.9 Å². The van der Waals surface area contributed by atoms with E-state index in [1.54, 1.807) is 18.5 Å². The lowest BCUT2D eigenvalue weighted by atomic mass is 10.1. The van der Waals surface area contributed by atoms with Crippen molar-refractivity contribution < 1.29 is 4.42 Å². The van der Waals surface area contributed by atoms with Crippen LogP contribution in [0.5, 0.6) is 0 Å². The summed E-state index contributed by atoms with van der Waals surface area (Å²) in [6, 6.07) is 9.80. The van der Waals surface area contributed by atoms with Crippen molar-refractivity contribution in [1.29, 1.82) is 5.26 Å². The van der Waals surface area contributed by atoms with E-state index in [1.165, 1.54) is 5.56 Å². The fourth-order valence-corrected chi connectivity index (χ4v) is 1.80. The van der Waals surface area contributed by atoms with Gasteiger partial charge in [0.2, 0.25) is 5.76 Å². The molecule has 4 nitrogen and oxygen atoms in total. The van der Waals surface area contributed by atoms with Gasteiger partial charge in [0, 0.05) is 18.4 Å². The Morgan fingerprint density at radius 2 is 2.06 bits per heavy atom. The second kappa shape index (κ2) is 5.48. The fraction of sp³-hybridized carbons (Fsp3) is 0.286. The number of nitriles is 1. The van der Waals surface area contributed by atoms with Crippen molar-refractivity contribution in [3.05, 3.63) is 53.7 Å². The Morgan fingerprint density at radius 1 is 1.33 bits per heavy atom. The highest BCUT2D eigenvalue weighted by Gasteiger charge is 2.13. The average Bonchev–Trinajstić information content (AvgIpc) is 2.86. The third-order valence-corrected chi connectivity index (χ3v) is 3.03. The zero-order chi connectivity index (χ0) is 13.0. The minimum Gasteiger partial charge on any atom is -0.449 e. The maximum Gasteiger partial charge on any atom is 0.203 e. The van der Waals surface area contributed by atoms with Gasteiger partial charge in [-0.05, 0) is 43.8 Å². The van der Waals surface area contributed by atoms with E-state index in [2.05, 4.69) is 16.8 Å². The summed E-state index contributed by atoms with van der Waals surface area (Å²) in [5.74, 6) is 1.16. The summed E-state index contributed by atoms with van der Waals surface area (Å²) in [6.07, 6.45) is 3.58. The normalized spacial score (nSPS) is 12.3. The van der Waals surface area contributed by atoms with E-state index in [0.717, 1.165) is 5.76 Å². The first kappa shape index (κ1) is 12.3. The third kappa shape index (κ3) is 2.76. The van der Waals surface area contributed by atoms with Crippen molar-refractivity contribution in [3.63, 3.8) is 0 Å². The zero-order valence-electron chi connectivity index (χ0n) is 10.5. The number of nitrogens with zero attached hydrogens (tertiary/aromatic N) is 3. The molecule has 0 N–H and O–H groups in total. The van der Waals surface area contributed by atoms with Crippen molar-refractivity contribution in [2.75, 3.05) is 7.05 Å². The van der Waals surface area contributed by atoms with Gasteiger partial charge in [0.1, 0.15) is 11.8 Å². The highest BCUT2D eigenvalue weighted by atomic mass is 16.3. The molecular formula is C14H15N3O. The first-order valence-electron chi connectivity index (χ1n) is 5.79. The molecule has 2 aromatic rings. The average molecular weight is 241 g/mol. The van der Waals surface area contributed by atoms with Crippen LogP contribution >= 0.6 is 0 Å². The van der Waals surface area contributed by atoms with Crippen LogP contribution in [0, 0.1) is 11.3 Å². The van der Waals surface area contributed by atoms with Crippen LogP contribution in [0.4, 0.5) is 0 Å². The highest BCUT2D eigenvalue weighted by molar-refractivity contribution is 5.19. The first-order chi connectivity index (χ1) is 8.70. The Morgan fingerprint density at radius 3 is 2.67 bits per heavy atom. The van der Waals surface area contributed by atoms with E-state index in [4.69, 9.17) is 9.68 Å². The number of hydrogen-bond donors (Lipinski definition) is 0. The molecule has 4 heteroatoms. The van der Waals surface area contributed by atoms with Crippen LogP contribution in [0.3, 0.4) is 0 Å². The van der Waals surface area contributed by atoms with E-state index in [1.807, 2.05) is 31.3 Å². The van der Waals surface area contributed by atoms with E-state index >= 15 is 0 Å². The summed E-state index contributed by atoms with van der Waals surface area (Å²) in [5.41, 5.74) is 1.21. The molecule has 0 bridgehead atoms. The molecule has 0 radical (unpaired) electrons. The molecule has 0 unspecified atom stereocenters.